The van der Waals surface area contributed by atoms with E-state index in [0.717, 1.165) is 0 Å². The van der Waals surface area contributed by atoms with Crippen molar-refractivity contribution in [1.29, 1.82) is 0 Å². The van der Waals surface area contributed by atoms with Crippen molar-refractivity contribution in [3.8, 4) is 0 Å². The first-order chi connectivity index (χ1) is 25.7. The molecule has 0 radical (unpaired) electrons. The van der Waals surface area contributed by atoms with Crippen molar-refractivity contribution in [3.63, 3.8) is 0 Å². The maximum absolute atomic E-state index is 2.71. The van der Waals surface area contributed by atoms with Gasteiger partial charge < -0.3 is 9.80 Å². The molecular formula is C51H59BN2S. The van der Waals surface area contributed by atoms with Crippen molar-refractivity contribution in [2.24, 2.45) is 5.92 Å². The lowest BCUT2D eigenvalue weighted by Crippen LogP contribution is -2.62. The minimum Gasteiger partial charge on any atom is -0.335 e. The molecule has 2 unspecified atom stereocenters. The van der Waals surface area contributed by atoms with E-state index < -0.39 is 0 Å². The molecule has 0 saturated heterocycles. The Morgan fingerprint density at radius 3 is 1.98 bits per heavy atom. The van der Waals surface area contributed by atoms with Crippen LogP contribution in [0.3, 0.4) is 0 Å². The summed E-state index contributed by atoms with van der Waals surface area (Å²) in [4.78, 5) is 5.37. The van der Waals surface area contributed by atoms with E-state index in [-0.39, 0.29) is 34.4 Å². The fourth-order valence-corrected chi connectivity index (χ4v) is 11.5. The molecule has 9 rings (SSSR count). The lowest BCUT2D eigenvalue weighted by Gasteiger charge is -2.47. The van der Waals surface area contributed by atoms with Crippen LogP contribution >= 0.6 is 11.3 Å². The molecule has 1 aromatic heterocycles. The van der Waals surface area contributed by atoms with Gasteiger partial charge in [0.2, 0.25) is 0 Å². The van der Waals surface area contributed by atoms with Gasteiger partial charge in [-0.3, -0.25) is 0 Å². The number of benzene rings is 4. The lowest BCUT2D eigenvalue weighted by molar-refractivity contribution is 0.332. The Morgan fingerprint density at radius 1 is 0.727 bits per heavy atom. The van der Waals surface area contributed by atoms with E-state index in [9.17, 15) is 0 Å². The minimum atomic E-state index is 0.0306. The first-order valence-electron chi connectivity index (χ1n) is 20.7. The Bertz CT molecular complexity index is 2460. The summed E-state index contributed by atoms with van der Waals surface area (Å²) in [6.07, 6.45) is 9.67. The Hall–Kier alpha value is -4.02. The van der Waals surface area contributed by atoms with Gasteiger partial charge in [0, 0.05) is 37.6 Å². The molecule has 2 aliphatic carbocycles. The molecule has 282 valence electrons. The van der Waals surface area contributed by atoms with Gasteiger partial charge in [0.1, 0.15) is 0 Å². The predicted molar refractivity (Wildman–Crippen MR) is 243 cm³/mol. The van der Waals surface area contributed by atoms with E-state index >= 15 is 0 Å². The van der Waals surface area contributed by atoms with Gasteiger partial charge in [-0.1, -0.05) is 124 Å². The molecule has 55 heavy (non-hydrogen) atoms. The van der Waals surface area contributed by atoms with Crippen LogP contribution in [0.4, 0.5) is 28.4 Å². The van der Waals surface area contributed by atoms with Crippen LogP contribution < -0.4 is 25.5 Å². The molecule has 0 amide bonds. The second-order valence-electron chi connectivity index (χ2n) is 20.8. The third-order valence-corrected chi connectivity index (χ3v) is 14.8. The summed E-state index contributed by atoms with van der Waals surface area (Å²) in [6, 6.07) is 27.4. The van der Waals surface area contributed by atoms with E-state index in [1.807, 2.05) is 0 Å². The number of fused-ring (bicyclic) bond motifs is 7. The first-order valence-corrected chi connectivity index (χ1v) is 21.5. The lowest BCUT2D eigenvalue weighted by atomic mass is 9.36. The zero-order chi connectivity index (χ0) is 39.1. The summed E-state index contributed by atoms with van der Waals surface area (Å²) < 4.78 is 2.89. The highest BCUT2D eigenvalue weighted by atomic mass is 32.1. The summed E-state index contributed by atoms with van der Waals surface area (Å²) in [6.45, 7) is 31.0. The van der Waals surface area contributed by atoms with Gasteiger partial charge in [0.25, 0.3) is 6.71 Å². The van der Waals surface area contributed by atoms with Gasteiger partial charge in [0.15, 0.2) is 0 Å². The fraction of sp³-hybridized carbons (Fsp3) is 0.412. The van der Waals surface area contributed by atoms with Crippen molar-refractivity contribution in [1.82, 2.24) is 0 Å². The molecular weight excluding hydrogens is 683 g/mol. The van der Waals surface area contributed by atoms with Crippen LogP contribution in [0.1, 0.15) is 124 Å². The highest BCUT2D eigenvalue weighted by molar-refractivity contribution is 7.33. The van der Waals surface area contributed by atoms with Crippen LogP contribution in [0.15, 0.2) is 90.5 Å². The predicted octanol–water partition coefficient (Wildman–Crippen LogP) is 12.4. The number of nitrogens with zero attached hydrogens (tertiary/aromatic N) is 2. The van der Waals surface area contributed by atoms with Crippen molar-refractivity contribution >= 4 is 72.3 Å². The second kappa shape index (κ2) is 12.0. The van der Waals surface area contributed by atoms with Crippen molar-refractivity contribution in [2.45, 2.75) is 131 Å². The number of aryl methyl sites for hydroxylation is 1. The molecule has 0 fully saturated rings. The van der Waals surface area contributed by atoms with Gasteiger partial charge in [0.05, 0.1) is 11.7 Å². The Labute approximate surface area is 335 Å². The number of hydrogen-bond acceptors (Lipinski definition) is 3. The normalized spacial score (nSPS) is 20.9. The first kappa shape index (κ1) is 36.6. The average Bonchev–Trinajstić information content (AvgIpc) is 3.47. The van der Waals surface area contributed by atoms with E-state index in [4.69, 9.17) is 0 Å². The summed E-state index contributed by atoms with van der Waals surface area (Å²) >= 11 is 2.05. The van der Waals surface area contributed by atoms with E-state index in [2.05, 4.69) is 196 Å². The second-order valence-corrected chi connectivity index (χ2v) is 21.9. The van der Waals surface area contributed by atoms with E-state index in [1.54, 1.807) is 0 Å². The molecule has 0 saturated carbocycles. The molecule has 5 aromatic rings. The van der Waals surface area contributed by atoms with Crippen LogP contribution in [0.5, 0.6) is 0 Å². The third-order valence-electron chi connectivity index (χ3n) is 13.6. The summed E-state index contributed by atoms with van der Waals surface area (Å²) in [7, 11) is 0. The van der Waals surface area contributed by atoms with Gasteiger partial charge in [-0.05, 0) is 135 Å². The zero-order valence-electron chi connectivity index (χ0n) is 35.5. The molecule has 2 nitrogen and oxygen atoms in total. The van der Waals surface area contributed by atoms with Crippen LogP contribution in [0, 0.1) is 12.8 Å². The molecule has 0 spiro atoms. The average molecular weight is 743 g/mol. The van der Waals surface area contributed by atoms with Crippen molar-refractivity contribution in [2.75, 3.05) is 9.80 Å². The van der Waals surface area contributed by atoms with Gasteiger partial charge in [-0.25, -0.2) is 0 Å². The number of hydrogen-bond donors (Lipinski definition) is 0. The van der Waals surface area contributed by atoms with E-state index in [0.29, 0.717) is 5.92 Å². The SMILES string of the molecule is CC1=CC(C)C(N2c3ccc(C(C)(C)C)cc3B3c4sc5cc6c(cc5c4N(c4ccc(C(C)(C)C)cc4)c4cc(C)cc2c43)C(C)(C)CCC6(C)C)C=C1. The Kier molecular flexibility index (Phi) is 7.99. The number of allylic oxidation sites excluding steroid dienone is 2. The molecule has 4 aliphatic rings. The molecule has 2 aliphatic heterocycles. The highest BCUT2D eigenvalue weighted by Gasteiger charge is 2.47. The monoisotopic (exact) mass is 742 g/mol. The molecule has 4 heteroatoms. The van der Waals surface area contributed by atoms with Crippen LogP contribution in [-0.2, 0) is 21.7 Å². The number of rotatable bonds is 2. The fourth-order valence-electron chi connectivity index (χ4n) is 10.2. The van der Waals surface area contributed by atoms with Crippen LogP contribution in [0.2, 0.25) is 0 Å². The molecule has 0 bridgehead atoms. The maximum atomic E-state index is 2.71. The maximum Gasteiger partial charge on any atom is 0.264 e. The summed E-state index contributed by atoms with van der Waals surface area (Å²) in [5.74, 6) is 0.371. The summed E-state index contributed by atoms with van der Waals surface area (Å²) in [5, 5.41) is 1.40. The molecule has 0 N–H and O–H groups in total. The highest BCUT2D eigenvalue weighted by Crippen LogP contribution is 2.52. The van der Waals surface area contributed by atoms with Crippen LogP contribution in [0.25, 0.3) is 10.1 Å². The molecule has 3 heterocycles. The van der Waals surface area contributed by atoms with E-state index in [1.165, 1.54) is 100 Å². The largest absolute Gasteiger partial charge is 0.335 e. The van der Waals surface area contributed by atoms with Crippen molar-refractivity contribution < 1.29 is 0 Å². The quantitative estimate of drug-likeness (QED) is 0.163. The standard InChI is InChI=1S/C51H59BN2S/c1-30-14-20-40(32(3)24-30)54-41-21-17-34(49(7,8)9)27-39(41)52-45-42(25-31(2)26-43(45)54)53(35-18-15-33(16-19-35)48(4,5)6)46-36-28-37-38(29-44(36)55-47(46)52)51(12,13)23-22-50(37,10)11/h14-21,24-29,32,40H,22-23H2,1-13H3. The number of anilines is 5. The number of thiophene rings is 1. The molecule has 4 aromatic carbocycles. The molecule has 2 atom stereocenters. The summed E-state index contributed by atoms with van der Waals surface area (Å²) in [5.41, 5.74) is 18.4. The zero-order valence-corrected chi connectivity index (χ0v) is 36.3. The van der Waals surface area contributed by atoms with Gasteiger partial charge >= 0.3 is 0 Å². The third kappa shape index (κ3) is 5.63. The minimum absolute atomic E-state index is 0.0306. The van der Waals surface area contributed by atoms with Crippen molar-refractivity contribution in [3.05, 3.63) is 118 Å². The van der Waals surface area contributed by atoms with Gasteiger partial charge in [-0.15, -0.1) is 11.3 Å². The Balaban J connectivity index is 1.40. The smallest absolute Gasteiger partial charge is 0.264 e. The van der Waals surface area contributed by atoms with Gasteiger partial charge in [-0.2, -0.15) is 0 Å². The van der Waals surface area contributed by atoms with Crippen LogP contribution in [-0.4, -0.2) is 12.8 Å². The Morgan fingerprint density at radius 2 is 1.35 bits per heavy atom. The topological polar surface area (TPSA) is 6.48 Å².